The molecule has 0 fully saturated rings. The molecule has 6 nitrogen and oxygen atoms in total. The van der Waals surface area contributed by atoms with Crippen LogP contribution in [0.3, 0.4) is 0 Å². The van der Waals surface area contributed by atoms with E-state index in [-0.39, 0.29) is 12.5 Å². The van der Waals surface area contributed by atoms with E-state index in [1.54, 1.807) is 36.4 Å². The van der Waals surface area contributed by atoms with Crippen LogP contribution < -0.4 is 0 Å². The van der Waals surface area contributed by atoms with E-state index in [1.807, 2.05) is 57.2 Å². The molecule has 7 heteroatoms. The number of benzene rings is 3. The number of halogens is 1. The number of aliphatic hydroxyl groups is 1. The molecule has 0 heterocycles. The lowest BCUT2D eigenvalue weighted by atomic mass is 10.0. The molecule has 0 unspecified atom stereocenters. The van der Waals surface area contributed by atoms with Gasteiger partial charge in [-0.15, -0.1) is 0 Å². The molecule has 0 aliphatic carbocycles. The van der Waals surface area contributed by atoms with Crippen molar-refractivity contribution in [2.75, 3.05) is 20.2 Å². The van der Waals surface area contributed by atoms with Crippen molar-refractivity contribution in [3.05, 3.63) is 94.5 Å². The van der Waals surface area contributed by atoms with Gasteiger partial charge in [0, 0.05) is 11.6 Å². The highest BCUT2D eigenvalue weighted by Crippen LogP contribution is 2.23. The van der Waals surface area contributed by atoms with Crippen molar-refractivity contribution in [2.45, 2.75) is 38.9 Å². The molecule has 1 amide bonds. The monoisotopic (exact) mass is 509 g/mol. The number of hydrogen-bond donors (Lipinski definition) is 1. The Bertz CT molecular complexity index is 1170. The van der Waals surface area contributed by atoms with Gasteiger partial charge in [-0.2, -0.15) is 0 Å². The molecule has 36 heavy (non-hydrogen) atoms. The van der Waals surface area contributed by atoms with E-state index >= 15 is 0 Å². The van der Waals surface area contributed by atoms with Crippen LogP contribution in [0.1, 0.15) is 48.4 Å². The Balaban J connectivity index is 1.69. The minimum atomic E-state index is -0.897. The summed E-state index contributed by atoms with van der Waals surface area (Å²) in [6, 6.07) is 22.2. The molecule has 1 atom stereocenters. The summed E-state index contributed by atoms with van der Waals surface area (Å²) < 4.78 is 10.3. The average Bonchev–Trinajstić information content (AvgIpc) is 2.85. The molecular weight excluding hydrogens is 478 g/mol. The highest BCUT2D eigenvalue weighted by atomic mass is 35.5. The third kappa shape index (κ3) is 7.83. The molecule has 1 N–H and O–H groups in total. The van der Waals surface area contributed by atoms with Gasteiger partial charge in [-0.1, -0.05) is 60.1 Å². The number of rotatable bonds is 8. The maximum Gasteiger partial charge on any atom is 0.410 e. The second-order valence-corrected chi connectivity index (χ2v) is 9.95. The van der Waals surface area contributed by atoms with Gasteiger partial charge >= 0.3 is 12.1 Å². The number of methoxy groups -OCH3 is 1. The largest absolute Gasteiger partial charge is 0.465 e. The fourth-order valence-corrected chi connectivity index (χ4v) is 3.85. The normalized spacial score (nSPS) is 12.1. The standard InChI is InChI=1S/C29H32ClNO5/c1-29(2,3)36-28(34)31(19-26(32)24-6-5-7-25(30)18-24)17-16-20-8-10-21(11-9-20)22-12-14-23(15-13-22)27(33)35-4/h5-15,18,26,32H,16-17,19H2,1-4H3/t26-/m0/s1. The zero-order chi connectivity index (χ0) is 26.3. The predicted molar refractivity (Wildman–Crippen MR) is 141 cm³/mol. The molecule has 0 aliphatic rings. The predicted octanol–water partition coefficient (Wildman–Crippen LogP) is 6.31. The van der Waals surface area contributed by atoms with Crippen molar-refractivity contribution in [2.24, 2.45) is 0 Å². The highest BCUT2D eigenvalue weighted by Gasteiger charge is 2.24. The Kier molecular flexibility index (Phi) is 9.13. The first-order valence-corrected chi connectivity index (χ1v) is 12.1. The summed E-state index contributed by atoms with van der Waals surface area (Å²) in [6.45, 7) is 5.90. The number of esters is 1. The van der Waals surface area contributed by atoms with Crippen LogP contribution in [-0.2, 0) is 15.9 Å². The molecule has 190 valence electrons. The van der Waals surface area contributed by atoms with Gasteiger partial charge in [-0.3, -0.25) is 0 Å². The molecule has 3 rings (SSSR count). The van der Waals surface area contributed by atoms with Crippen LogP contribution in [0.2, 0.25) is 5.02 Å². The van der Waals surface area contributed by atoms with Gasteiger partial charge in [-0.05, 0) is 73.7 Å². The lowest BCUT2D eigenvalue weighted by molar-refractivity contribution is 0.0147. The summed E-state index contributed by atoms with van der Waals surface area (Å²) in [5.41, 5.74) is 3.51. The van der Waals surface area contributed by atoms with Crippen molar-refractivity contribution in [3.63, 3.8) is 0 Å². The number of aliphatic hydroxyl groups excluding tert-OH is 1. The summed E-state index contributed by atoms with van der Waals surface area (Å²) in [4.78, 5) is 26.0. The van der Waals surface area contributed by atoms with E-state index in [0.717, 1.165) is 16.7 Å². The zero-order valence-electron chi connectivity index (χ0n) is 21.0. The van der Waals surface area contributed by atoms with Crippen molar-refractivity contribution in [3.8, 4) is 11.1 Å². The quantitative estimate of drug-likeness (QED) is 0.360. The van der Waals surface area contributed by atoms with Gasteiger partial charge in [0.2, 0.25) is 0 Å². The Morgan fingerprint density at radius 2 is 1.58 bits per heavy atom. The van der Waals surface area contributed by atoms with Crippen LogP contribution in [0.25, 0.3) is 11.1 Å². The fourth-order valence-electron chi connectivity index (χ4n) is 3.66. The van der Waals surface area contributed by atoms with Gasteiger partial charge in [0.1, 0.15) is 5.60 Å². The summed E-state index contributed by atoms with van der Waals surface area (Å²) in [6.07, 6.45) is -0.791. The third-order valence-corrected chi connectivity index (χ3v) is 5.78. The zero-order valence-corrected chi connectivity index (χ0v) is 21.8. The second kappa shape index (κ2) is 12.1. The van der Waals surface area contributed by atoms with Crippen molar-refractivity contribution >= 4 is 23.7 Å². The average molecular weight is 510 g/mol. The number of hydrogen-bond acceptors (Lipinski definition) is 5. The van der Waals surface area contributed by atoms with Gasteiger partial charge in [0.25, 0.3) is 0 Å². The molecule has 0 aromatic heterocycles. The molecule has 0 saturated carbocycles. The van der Waals surface area contributed by atoms with Crippen LogP contribution in [0.15, 0.2) is 72.8 Å². The number of carbonyl (C=O) groups is 2. The molecule has 0 bridgehead atoms. The first kappa shape index (κ1) is 27.2. The Labute approximate surface area is 217 Å². The van der Waals surface area contributed by atoms with E-state index in [4.69, 9.17) is 21.1 Å². The van der Waals surface area contributed by atoms with Crippen LogP contribution >= 0.6 is 11.6 Å². The van der Waals surface area contributed by atoms with E-state index < -0.39 is 17.8 Å². The molecule has 0 radical (unpaired) electrons. The molecule has 3 aromatic rings. The summed E-state index contributed by atoms with van der Waals surface area (Å²) in [7, 11) is 1.36. The molecule has 0 saturated heterocycles. The Morgan fingerprint density at radius 3 is 2.14 bits per heavy atom. The highest BCUT2D eigenvalue weighted by molar-refractivity contribution is 6.30. The van der Waals surface area contributed by atoms with Crippen molar-refractivity contribution < 1.29 is 24.2 Å². The first-order valence-electron chi connectivity index (χ1n) is 11.7. The first-order chi connectivity index (χ1) is 17.1. The second-order valence-electron chi connectivity index (χ2n) is 9.51. The maximum atomic E-state index is 12.9. The SMILES string of the molecule is COC(=O)c1ccc(-c2ccc(CCN(C[C@H](O)c3cccc(Cl)c3)C(=O)OC(C)(C)C)cc2)cc1. The molecule has 0 aliphatic heterocycles. The van der Waals surface area contributed by atoms with E-state index in [9.17, 15) is 14.7 Å². The van der Waals surface area contributed by atoms with Crippen molar-refractivity contribution in [1.82, 2.24) is 4.90 Å². The summed E-state index contributed by atoms with van der Waals surface area (Å²) in [5, 5.41) is 11.3. The fraction of sp³-hybridized carbons (Fsp3) is 0.310. The summed E-state index contributed by atoms with van der Waals surface area (Å²) in [5.74, 6) is -0.369. The molecular formula is C29H32ClNO5. The van der Waals surface area contributed by atoms with Gasteiger partial charge in [0.15, 0.2) is 0 Å². The number of carbonyl (C=O) groups excluding carboxylic acids is 2. The summed E-state index contributed by atoms with van der Waals surface area (Å²) >= 11 is 6.06. The smallest absolute Gasteiger partial charge is 0.410 e. The lowest BCUT2D eigenvalue weighted by Crippen LogP contribution is -2.40. The van der Waals surface area contributed by atoms with E-state index in [0.29, 0.717) is 29.1 Å². The molecule has 0 spiro atoms. The van der Waals surface area contributed by atoms with Crippen LogP contribution in [-0.4, -0.2) is 47.9 Å². The van der Waals surface area contributed by atoms with Gasteiger partial charge < -0.3 is 19.5 Å². The topological polar surface area (TPSA) is 76.1 Å². The van der Waals surface area contributed by atoms with Crippen molar-refractivity contribution in [1.29, 1.82) is 0 Å². The van der Waals surface area contributed by atoms with Crippen LogP contribution in [0.5, 0.6) is 0 Å². The molecule has 3 aromatic carbocycles. The maximum absolute atomic E-state index is 12.9. The van der Waals surface area contributed by atoms with Crippen LogP contribution in [0.4, 0.5) is 4.79 Å². The Hall–Kier alpha value is -3.35. The van der Waals surface area contributed by atoms with Gasteiger partial charge in [-0.25, -0.2) is 9.59 Å². The minimum Gasteiger partial charge on any atom is -0.465 e. The van der Waals surface area contributed by atoms with E-state index in [1.165, 1.54) is 12.0 Å². The van der Waals surface area contributed by atoms with Gasteiger partial charge in [0.05, 0.1) is 25.3 Å². The number of nitrogens with zero attached hydrogens (tertiary/aromatic N) is 1. The minimum absolute atomic E-state index is 0.0832. The Morgan fingerprint density at radius 1 is 0.972 bits per heavy atom. The lowest BCUT2D eigenvalue weighted by Gasteiger charge is -2.29. The third-order valence-electron chi connectivity index (χ3n) is 5.54. The number of ether oxygens (including phenoxy) is 2. The number of amides is 1. The van der Waals surface area contributed by atoms with Crippen LogP contribution in [0, 0.1) is 0 Å². The van der Waals surface area contributed by atoms with E-state index in [2.05, 4.69) is 0 Å².